The molecule has 1 N–H and O–H groups in total. The minimum atomic E-state index is -0.148. The molecule has 0 saturated carbocycles. The van der Waals surface area contributed by atoms with Gasteiger partial charge in [-0.25, -0.2) is 0 Å². The molecule has 5 nitrogen and oxygen atoms in total. The molecule has 0 fully saturated rings. The first kappa shape index (κ1) is 19.0. The Labute approximate surface area is 167 Å². The number of rotatable bonds is 6. The van der Waals surface area contributed by atoms with Crippen molar-refractivity contribution in [2.45, 2.75) is 12.1 Å². The van der Waals surface area contributed by atoms with E-state index < -0.39 is 0 Å². The van der Waals surface area contributed by atoms with Gasteiger partial charge < -0.3 is 5.32 Å². The minimum absolute atomic E-state index is 0.148. The Hall–Kier alpha value is -2.75. The van der Waals surface area contributed by atoms with Crippen molar-refractivity contribution in [1.29, 1.82) is 0 Å². The summed E-state index contributed by atoms with van der Waals surface area (Å²) in [6, 6.07) is 15.4. The van der Waals surface area contributed by atoms with Crippen molar-refractivity contribution in [3.05, 3.63) is 59.1 Å². The van der Waals surface area contributed by atoms with Crippen LogP contribution < -0.4 is 5.32 Å². The summed E-state index contributed by atoms with van der Waals surface area (Å²) in [6.45, 7) is 2.23. The zero-order chi connectivity index (χ0) is 19.2. The van der Waals surface area contributed by atoms with Crippen molar-refractivity contribution in [3.63, 3.8) is 0 Å². The molecule has 0 aliphatic rings. The molecule has 0 aliphatic carbocycles. The van der Waals surface area contributed by atoms with E-state index >= 15 is 0 Å². The molecule has 1 aromatic heterocycles. The molecule has 0 atom stereocenters. The van der Waals surface area contributed by atoms with Crippen LogP contribution in [0.25, 0.3) is 17.1 Å². The van der Waals surface area contributed by atoms with Gasteiger partial charge in [0.05, 0.1) is 12.3 Å². The van der Waals surface area contributed by atoms with Crippen LogP contribution in [0.3, 0.4) is 0 Å². The van der Waals surface area contributed by atoms with Gasteiger partial charge >= 0.3 is 0 Å². The van der Waals surface area contributed by atoms with Gasteiger partial charge in [-0.3, -0.25) is 9.36 Å². The predicted molar refractivity (Wildman–Crippen MR) is 109 cm³/mol. The largest absolute Gasteiger partial charge is 0.344 e. The standard InChI is InChI=1S/C20H17ClN4OS/c1-3-11-22-18(26)13-27-20-24-23-19(15-7-9-16(21)10-8-15)25(20)17-6-4-5-14(2)12-17/h1,4-10,12H,11,13H2,2H3,(H,22,26). The molecule has 1 heterocycles. The number of aromatic nitrogens is 3. The summed E-state index contributed by atoms with van der Waals surface area (Å²) >= 11 is 7.31. The van der Waals surface area contributed by atoms with Crippen LogP contribution >= 0.6 is 23.4 Å². The van der Waals surface area contributed by atoms with Gasteiger partial charge in [0, 0.05) is 16.3 Å². The summed E-state index contributed by atoms with van der Waals surface area (Å²) in [6.07, 6.45) is 5.17. The maximum absolute atomic E-state index is 11.9. The number of benzene rings is 2. The monoisotopic (exact) mass is 396 g/mol. The first-order chi connectivity index (χ1) is 13.1. The molecule has 136 valence electrons. The molecule has 0 bridgehead atoms. The lowest BCUT2D eigenvalue weighted by Crippen LogP contribution is -2.25. The van der Waals surface area contributed by atoms with Crippen LogP contribution in [0.5, 0.6) is 0 Å². The fourth-order valence-corrected chi connectivity index (χ4v) is 3.39. The van der Waals surface area contributed by atoms with Crippen LogP contribution in [-0.2, 0) is 4.79 Å². The minimum Gasteiger partial charge on any atom is -0.344 e. The number of thioether (sulfide) groups is 1. The molecule has 2 aromatic carbocycles. The van der Waals surface area contributed by atoms with E-state index in [1.165, 1.54) is 11.8 Å². The topological polar surface area (TPSA) is 59.8 Å². The normalized spacial score (nSPS) is 10.4. The maximum Gasteiger partial charge on any atom is 0.231 e. The van der Waals surface area contributed by atoms with Crippen molar-refractivity contribution in [3.8, 4) is 29.4 Å². The second-order valence-electron chi connectivity index (χ2n) is 5.76. The van der Waals surface area contributed by atoms with Gasteiger partial charge in [-0.15, -0.1) is 16.6 Å². The highest BCUT2D eigenvalue weighted by atomic mass is 35.5. The number of carbonyl (C=O) groups excluding carboxylic acids is 1. The van der Waals surface area contributed by atoms with Gasteiger partial charge in [0.2, 0.25) is 5.91 Å². The van der Waals surface area contributed by atoms with Crippen molar-refractivity contribution >= 4 is 29.3 Å². The van der Waals surface area contributed by atoms with E-state index in [1.807, 2.05) is 60.0 Å². The molecular weight excluding hydrogens is 380 g/mol. The summed E-state index contributed by atoms with van der Waals surface area (Å²) in [5.74, 6) is 3.12. The highest BCUT2D eigenvalue weighted by Crippen LogP contribution is 2.29. The summed E-state index contributed by atoms with van der Waals surface area (Å²) in [4.78, 5) is 11.9. The average molecular weight is 397 g/mol. The van der Waals surface area contributed by atoms with Crippen molar-refractivity contribution in [2.75, 3.05) is 12.3 Å². The summed E-state index contributed by atoms with van der Waals surface area (Å²) in [5, 5.41) is 12.6. The lowest BCUT2D eigenvalue weighted by atomic mass is 10.2. The SMILES string of the molecule is C#CCNC(=O)CSc1nnc(-c2ccc(Cl)cc2)n1-c1cccc(C)c1. The molecule has 27 heavy (non-hydrogen) atoms. The third-order valence-electron chi connectivity index (χ3n) is 3.72. The third-order valence-corrected chi connectivity index (χ3v) is 4.90. The predicted octanol–water partition coefficient (Wildman–Crippen LogP) is 3.74. The van der Waals surface area contributed by atoms with Crippen LogP contribution in [0, 0.1) is 19.3 Å². The highest BCUT2D eigenvalue weighted by molar-refractivity contribution is 7.99. The van der Waals surface area contributed by atoms with E-state index in [0.717, 1.165) is 16.8 Å². The van der Waals surface area contributed by atoms with E-state index in [9.17, 15) is 4.79 Å². The molecule has 0 saturated heterocycles. The van der Waals surface area contributed by atoms with Gasteiger partial charge in [-0.05, 0) is 48.9 Å². The number of hydrogen-bond acceptors (Lipinski definition) is 4. The van der Waals surface area contributed by atoms with Crippen LogP contribution in [0.4, 0.5) is 0 Å². The van der Waals surface area contributed by atoms with E-state index in [4.69, 9.17) is 18.0 Å². The second-order valence-corrected chi connectivity index (χ2v) is 7.14. The number of nitrogens with zero attached hydrogens (tertiary/aromatic N) is 3. The molecule has 0 aliphatic heterocycles. The molecule has 0 unspecified atom stereocenters. The van der Waals surface area contributed by atoms with Crippen molar-refractivity contribution in [2.24, 2.45) is 0 Å². The third kappa shape index (κ3) is 4.70. The van der Waals surface area contributed by atoms with Gasteiger partial charge in [-0.1, -0.05) is 41.4 Å². The lowest BCUT2D eigenvalue weighted by Gasteiger charge is -2.11. The quantitative estimate of drug-likeness (QED) is 0.509. The molecule has 1 amide bonds. The Morgan fingerprint density at radius 3 is 2.74 bits per heavy atom. The average Bonchev–Trinajstić information content (AvgIpc) is 3.09. The van der Waals surface area contributed by atoms with E-state index in [0.29, 0.717) is 16.0 Å². The maximum atomic E-state index is 11.9. The fourth-order valence-electron chi connectivity index (χ4n) is 2.48. The Balaban J connectivity index is 1.97. The number of terminal acetylenes is 1. The van der Waals surface area contributed by atoms with Gasteiger partial charge in [0.1, 0.15) is 0 Å². The Morgan fingerprint density at radius 1 is 1.26 bits per heavy atom. The Morgan fingerprint density at radius 2 is 2.04 bits per heavy atom. The smallest absolute Gasteiger partial charge is 0.231 e. The number of carbonyl (C=O) groups is 1. The molecule has 0 spiro atoms. The Kier molecular flexibility index (Phi) is 6.17. The van der Waals surface area contributed by atoms with Crippen LogP contribution in [0.1, 0.15) is 5.56 Å². The first-order valence-corrected chi connectivity index (χ1v) is 9.56. The van der Waals surface area contributed by atoms with Crippen LogP contribution in [0.2, 0.25) is 5.02 Å². The first-order valence-electron chi connectivity index (χ1n) is 8.20. The van der Waals surface area contributed by atoms with Crippen LogP contribution in [0.15, 0.2) is 53.7 Å². The number of aryl methyl sites for hydroxylation is 1. The van der Waals surface area contributed by atoms with Crippen molar-refractivity contribution in [1.82, 2.24) is 20.1 Å². The van der Waals surface area contributed by atoms with Gasteiger partial charge in [0.15, 0.2) is 11.0 Å². The Bertz CT molecular complexity index is 992. The van der Waals surface area contributed by atoms with Gasteiger partial charge in [0.25, 0.3) is 0 Å². The molecule has 3 rings (SSSR count). The molecule has 3 aromatic rings. The van der Waals surface area contributed by atoms with Gasteiger partial charge in [-0.2, -0.15) is 0 Å². The number of nitrogens with one attached hydrogen (secondary N) is 1. The molecule has 0 radical (unpaired) electrons. The molecule has 7 heteroatoms. The summed E-state index contributed by atoms with van der Waals surface area (Å²) in [7, 11) is 0. The zero-order valence-electron chi connectivity index (χ0n) is 14.6. The van der Waals surface area contributed by atoms with E-state index in [-0.39, 0.29) is 18.2 Å². The fraction of sp³-hybridized carbons (Fsp3) is 0.150. The van der Waals surface area contributed by atoms with Crippen LogP contribution in [-0.4, -0.2) is 33.0 Å². The van der Waals surface area contributed by atoms with E-state index in [1.54, 1.807) is 0 Å². The number of hydrogen-bond donors (Lipinski definition) is 1. The summed E-state index contributed by atoms with van der Waals surface area (Å²) in [5.41, 5.74) is 2.93. The lowest BCUT2D eigenvalue weighted by molar-refractivity contribution is -0.118. The highest BCUT2D eigenvalue weighted by Gasteiger charge is 2.17. The molecular formula is C20H17ClN4OS. The van der Waals surface area contributed by atoms with Crippen molar-refractivity contribution < 1.29 is 4.79 Å². The summed E-state index contributed by atoms with van der Waals surface area (Å²) < 4.78 is 1.94. The number of halogens is 1. The zero-order valence-corrected chi connectivity index (χ0v) is 16.2. The second kappa shape index (κ2) is 8.76. The van der Waals surface area contributed by atoms with E-state index in [2.05, 4.69) is 21.4 Å². The number of amides is 1.